The summed E-state index contributed by atoms with van der Waals surface area (Å²) >= 11 is 5.59. The molecule has 1 aromatic carbocycles. The van der Waals surface area contributed by atoms with Crippen molar-refractivity contribution in [3.05, 3.63) is 23.3 Å². The van der Waals surface area contributed by atoms with Crippen molar-refractivity contribution in [3.63, 3.8) is 0 Å². The third-order valence-electron chi connectivity index (χ3n) is 3.38. The topological polar surface area (TPSA) is 86.5 Å². The fourth-order valence-corrected chi connectivity index (χ4v) is 3.27. The van der Waals surface area contributed by atoms with Crippen molar-refractivity contribution in [3.8, 4) is 5.75 Å². The molecule has 5 nitrogen and oxygen atoms in total. The first-order chi connectivity index (χ1) is 9.93. The molecule has 0 spiro atoms. The van der Waals surface area contributed by atoms with Gasteiger partial charge in [0.2, 0.25) is 10.0 Å². The molecule has 0 bridgehead atoms. The van der Waals surface area contributed by atoms with Crippen molar-refractivity contribution in [1.29, 1.82) is 0 Å². The summed E-state index contributed by atoms with van der Waals surface area (Å²) in [7, 11) is -3.92. The van der Waals surface area contributed by atoms with Crippen LogP contribution < -0.4 is 9.88 Å². The number of ketones is 1. The normalized spacial score (nSPS) is 14.4. The van der Waals surface area contributed by atoms with Crippen LogP contribution in [-0.4, -0.2) is 26.7 Å². The quantitative estimate of drug-likeness (QED) is 0.492. The lowest BCUT2D eigenvalue weighted by Crippen LogP contribution is -2.19. The molecule has 1 heterocycles. The third kappa shape index (κ3) is 3.96. The lowest BCUT2D eigenvalue weighted by molar-refractivity contribution is 0.0979. The second kappa shape index (κ2) is 6.77. The molecule has 2 rings (SSSR count). The van der Waals surface area contributed by atoms with Crippen molar-refractivity contribution in [1.82, 2.24) is 0 Å². The summed E-state index contributed by atoms with van der Waals surface area (Å²) in [4.78, 5) is 12.1. The molecule has 0 amide bonds. The summed E-state index contributed by atoms with van der Waals surface area (Å²) in [6.45, 7) is 0.457. The standard InChI is InChI=1S/C14H18ClNO4S/c15-6-2-1-5-12(17)11-8-10-4-3-7-20-14(10)13(9-11)21(16,18)19/h8-9H,1-7H2,(H2,16,18,19). The van der Waals surface area contributed by atoms with Gasteiger partial charge < -0.3 is 4.74 Å². The average Bonchev–Trinajstić information content (AvgIpc) is 2.45. The molecule has 0 atom stereocenters. The van der Waals surface area contributed by atoms with Crippen LogP contribution in [0.2, 0.25) is 0 Å². The number of fused-ring (bicyclic) bond motifs is 1. The molecular formula is C14H18ClNO4S. The number of benzene rings is 1. The Balaban J connectivity index is 2.37. The molecule has 1 aliphatic rings. The lowest BCUT2D eigenvalue weighted by Gasteiger charge is -2.20. The van der Waals surface area contributed by atoms with Crippen molar-refractivity contribution < 1.29 is 17.9 Å². The molecule has 0 radical (unpaired) electrons. The minimum atomic E-state index is -3.92. The lowest BCUT2D eigenvalue weighted by atomic mass is 9.99. The van der Waals surface area contributed by atoms with E-state index in [9.17, 15) is 13.2 Å². The molecule has 0 saturated carbocycles. The summed E-state index contributed by atoms with van der Waals surface area (Å²) in [5, 5.41) is 5.24. The fraction of sp³-hybridized carbons (Fsp3) is 0.500. The Morgan fingerprint density at radius 2 is 2.10 bits per heavy atom. The summed E-state index contributed by atoms with van der Waals surface area (Å²) in [6.07, 6.45) is 3.25. The second-order valence-electron chi connectivity index (χ2n) is 5.03. The molecule has 1 aromatic rings. The number of sulfonamides is 1. The van der Waals surface area contributed by atoms with Crippen LogP contribution in [0.5, 0.6) is 5.75 Å². The second-order valence-corrected chi connectivity index (χ2v) is 6.94. The molecule has 116 valence electrons. The smallest absolute Gasteiger partial charge is 0.241 e. The monoisotopic (exact) mass is 331 g/mol. The Labute approximate surface area is 129 Å². The van der Waals surface area contributed by atoms with E-state index in [1.54, 1.807) is 6.07 Å². The number of carbonyl (C=O) groups is 1. The summed E-state index contributed by atoms with van der Waals surface area (Å²) in [5.74, 6) is 0.702. The number of carbonyl (C=O) groups excluding carboxylic acids is 1. The van der Waals surface area contributed by atoms with Gasteiger partial charge in [0, 0.05) is 17.9 Å². The van der Waals surface area contributed by atoms with E-state index in [0.717, 1.165) is 18.4 Å². The number of aryl methyl sites for hydroxylation is 1. The maximum absolute atomic E-state index is 12.2. The molecule has 1 aliphatic heterocycles. The largest absolute Gasteiger partial charge is 0.492 e. The van der Waals surface area contributed by atoms with Crippen molar-refractivity contribution in [2.75, 3.05) is 12.5 Å². The zero-order valence-electron chi connectivity index (χ0n) is 11.6. The van der Waals surface area contributed by atoms with Crippen LogP contribution in [0.25, 0.3) is 0 Å². The van der Waals surface area contributed by atoms with Gasteiger partial charge in [0.25, 0.3) is 0 Å². The molecular weight excluding hydrogens is 314 g/mol. The third-order valence-corrected chi connectivity index (χ3v) is 4.57. The average molecular weight is 332 g/mol. The number of unbranched alkanes of at least 4 members (excludes halogenated alkanes) is 1. The van der Waals surface area contributed by atoms with Crippen molar-refractivity contribution in [2.24, 2.45) is 5.14 Å². The molecule has 0 fully saturated rings. The van der Waals surface area contributed by atoms with Gasteiger partial charge in [0.1, 0.15) is 10.6 Å². The van der Waals surface area contributed by atoms with Crippen LogP contribution >= 0.6 is 11.6 Å². The first-order valence-corrected chi connectivity index (χ1v) is 8.93. The van der Waals surface area contributed by atoms with Crippen molar-refractivity contribution >= 4 is 27.4 Å². The number of halogens is 1. The number of Topliss-reactive ketones (excluding diaryl/α,β-unsaturated/α-hetero) is 1. The zero-order chi connectivity index (χ0) is 15.5. The first-order valence-electron chi connectivity index (χ1n) is 6.85. The van der Waals surface area contributed by atoms with E-state index in [2.05, 4.69) is 0 Å². The number of hydrogen-bond donors (Lipinski definition) is 1. The SMILES string of the molecule is NS(=O)(=O)c1cc(C(=O)CCCCCl)cc2c1OCCC2. The Bertz CT molecular complexity index is 643. The number of alkyl halides is 1. The van der Waals surface area contributed by atoms with Gasteiger partial charge in [-0.1, -0.05) is 0 Å². The number of nitrogens with two attached hydrogens (primary N) is 1. The highest BCUT2D eigenvalue weighted by atomic mass is 35.5. The first kappa shape index (κ1) is 16.3. The zero-order valence-corrected chi connectivity index (χ0v) is 13.2. The number of rotatable bonds is 6. The minimum absolute atomic E-state index is 0.0969. The van der Waals surface area contributed by atoms with E-state index in [1.165, 1.54) is 6.07 Å². The Morgan fingerprint density at radius 1 is 1.33 bits per heavy atom. The van der Waals surface area contributed by atoms with Crippen LogP contribution in [0.3, 0.4) is 0 Å². The molecule has 0 aliphatic carbocycles. The van der Waals surface area contributed by atoms with E-state index in [1.807, 2.05) is 0 Å². The maximum Gasteiger partial charge on any atom is 0.241 e. The van der Waals surface area contributed by atoms with Gasteiger partial charge in [-0.3, -0.25) is 4.79 Å². The van der Waals surface area contributed by atoms with E-state index >= 15 is 0 Å². The molecule has 0 aromatic heterocycles. The van der Waals surface area contributed by atoms with E-state index in [-0.39, 0.29) is 10.7 Å². The van der Waals surface area contributed by atoms with Gasteiger partial charge in [-0.2, -0.15) is 0 Å². The Hall–Kier alpha value is -1.11. The number of ether oxygens (including phenoxy) is 1. The van der Waals surface area contributed by atoms with Gasteiger partial charge in [-0.15, -0.1) is 11.6 Å². The fourth-order valence-electron chi connectivity index (χ4n) is 2.34. The Kier molecular flexibility index (Phi) is 5.24. The molecule has 7 heteroatoms. The van der Waals surface area contributed by atoms with Crippen molar-refractivity contribution in [2.45, 2.75) is 37.0 Å². The van der Waals surface area contributed by atoms with Gasteiger partial charge in [0.15, 0.2) is 5.78 Å². The highest BCUT2D eigenvalue weighted by molar-refractivity contribution is 7.89. The van der Waals surface area contributed by atoms with Crippen LogP contribution in [-0.2, 0) is 16.4 Å². The highest BCUT2D eigenvalue weighted by Gasteiger charge is 2.24. The summed E-state index contributed by atoms with van der Waals surface area (Å²) in [6, 6.07) is 3.04. The van der Waals surface area contributed by atoms with E-state index < -0.39 is 10.0 Å². The van der Waals surface area contributed by atoms with Crippen LogP contribution in [0.15, 0.2) is 17.0 Å². The van der Waals surface area contributed by atoms with Gasteiger partial charge in [-0.05, 0) is 43.4 Å². The summed E-state index contributed by atoms with van der Waals surface area (Å²) < 4.78 is 28.8. The molecule has 0 unspecified atom stereocenters. The minimum Gasteiger partial charge on any atom is -0.492 e. The Morgan fingerprint density at radius 3 is 2.76 bits per heavy atom. The van der Waals surface area contributed by atoms with E-state index in [4.69, 9.17) is 21.5 Å². The predicted octanol–water partition coefficient (Wildman–Crippen LogP) is 2.25. The molecule has 21 heavy (non-hydrogen) atoms. The molecule has 2 N–H and O–H groups in total. The van der Waals surface area contributed by atoms with Gasteiger partial charge in [0.05, 0.1) is 6.61 Å². The van der Waals surface area contributed by atoms with Gasteiger partial charge in [-0.25, -0.2) is 13.6 Å². The van der Waals surface area contributed by atoms with E-state index in [0.29, 0.717) is 43.1 Å². The van der Waals surface area contributed by atoms with Gasteiger partial charge >= 0.3 is 0 Å². The maximum atomic E-state index is 12.2. The molecule has 0 saturated heterocycles. The summed E-state index contributed by atoms with van der Waals surface area (Å²) in [5.41, 5.74) is 1.10. The number of hydrogen-bond acceptors (Lipinski definition) is 4. The highest BCUT2D eigenvalue weighted by Crippen LogP contribution is 2.33. The van der Waals surface area contributed by atoms with Crippen LogP contribution in [0.4, 0.5) is 0 Å². The van der Waals surface area contributed by atoms with Crippen LogP contribution in [0.1, 0.15) is 41.6 Å². The predicted molar refractivity (Wildman–Crippen MR) is 80.5 cm³/mol. The van der Waals surface area contributed by atoms with Crippen LogP contribution in [0, 0.1) is 0 Å². The number of primary sulfonamides is 1.